The number of carboxylic acids is 1. The van der Waals surface area contributed by atoms with Gasteiger partial charge in [-0.3, -0.25) is 0 Å². The first-order chi connectivity index (χ1) is 17.7. The summed E-state index contributed by atoms with van der Waals surface area (Å²) in [5, 5.41) is 12.3. The summed E-state index contributed by atoms with van der Waals surface area (Å²) in [6, 6.07) is 17.2. The Balaban J connectivity index is 1.83. The predicted octanol–water partition coefficient (Wildman–Crippen LogP) is 4.76. The fourth-order valence-electron chi connectivity index (χ4n) is 3.52. The van der Waals surface area contributed by atoms with Crippen molar-refractivity contribution >= 4 is 12.0 Å². The van der Waals surface area contributed by atoms with Gasteiger partial charge in [0.15, 0.2) is 6.10 Å². The van der Waals surface area contributed by atoms with Crippen molar-refractivity contribution in [3.05, 3.63) is 65.7 Å². The van der Waals surface area contributed by atoms with E-state index in [0.29, 0.717) is 51.8 Å². The molecule has 204 valence electrons. The first kappa shape index (κ1) is 30.1. The Bertz CT molecular complexity index is 928. The molecule has 0 saturated heterocycles. The molecular weight excluding hydrogens is 472 g/mol. The number of rotatable bonds is 16. The van der Waals surface area contributed by atoms with Crippen molar-refractivity contribution in [1.29, 1.82) is 0 Å². The van der Waals surface area contributed by atoms with E-state index in [9.17, 15) is 14.7 Å². The van der Waals surface area contributed by atoms with Crippen molar-refractivity contribution < 1.29 is 28.9 Å². The lowest BCUT2D eigenvalue weighted by atomic mass is 9.97. The van der Waals surface area contributed by atoms with Crippen molar-refractivity contribution in [2.75, 3.05) is 39.5 Å². The van der Waals surface area contributed by atoms with E-state index in [0.717, 1.165) is 17.5 Å². The van der Waals surface area contributed by atoms with Gasteiger partial charge in [-0.05, 0) is 42.0 Å². The number of urea groups is 1. The fraction of sp³-hybridized carbons (Fsp3) is 0.517. The van der Waals surface area contributed by atoms with Gasteiger partial charge < -0.3 is 29.5 Å². The predicted molar refractivity (Wildman–Crippen MR) is 144 cm³/mol. The molecule has 0 spiro atoms. The van der Waals surface area contributed by atoms with Gasteiger partial charge in [0.1, 0.15) is 12.4 Å². The Morgan fingerprint density at radius 2 is 1.68 bits per heavy atom. The minimum Gasteiger partial charge on any atom is -0.492 e. The highest BCUT2D eigenvalue weighted by atomic mass is 16.5. The number of carbonyl (C=O) groups is 2. The van der Waals surface area contributed by atoms with Crippen LogP contribution in [-0.4, -0.2) is 67.6 Å². The number of amides is 2. The van der Waals surface area contributed by atoms with Crippen LogP contribution in [0.3, 0.4) is 0 Å². The van der Waals surface area contributed by atoms with Gasteiger partial charge in [-0.25, -0.2) is 9.59 Å². The maximum absolute atomic E-state index is 12.8. The van der Waals surface area contributed by atoms with Gasteiger partial charge in [0.05, 0.1) is 13.2 Å². The lowest BCUT2D eigenvalue weighted by Gasteiger charge is -2.26. The highest BCUT2D eigenvalue weighted by Crippen LogP contribution is 2.15. The second kappa shape index (κ2) is 15.9. The summed E-state index contributed by atoms with van der Waals surface area (Å²) in [4.78, 5) is 25.9. The number of ether oxygens (including phenoxy) is 3. The summed E-state index contributed by atoms with van der Waals surface area (Å²) in [6.07, 6.45) is 0.139. The summed E-state index contributed by atoms with van der Waals surface area (Å²) in [6.45, 7) is 11.4. The molecule has 37 heavy (non-hydrogen) atoms. The topological polar surface area (TPSA) is 97.3 Å². The zero-order valence-corrected chi connectivity index (χ0v) is 22.6. The number of benzene rings is 2. The van der Waals surface area contributed by atoms with E-state index in [2.05, 4.69) is 26.1 Å². The molecule has 0 aliphatic heterocycles. The average molecular weight is 515 g/mol. The van der Waals surface area contributed by atoms with E-state index in [1.165, 1.54) is 0 Å². The first-order valence-electron chi connectivity index (χ1n) is 12.9. The Morgan fingerprint density at radius 1 is 0.973 bits per heavy atom. The van der Waals surface area contributed by atoms with Gasteiger partial charge >= 0.3 is 12.0 Å². The lowest BCUT2D eigenvalue weighted by molar-refractivity contribution is -0.149. The first-order valence-corrected chi connectivity index (χ1v) is 12.9. The van der Waals surface area contributed by atoms with Crippen LogP contribution in [0, 0.1) is 5.41 Å². The van der Waals surface area contributed by atoms with E-state index in [-0.39, 0.29) is 17.9 Å². The number of nitrogens with zero attached hydrogens (tertiary/aromatic N) is 1. The third kappa shape index (κ3) is 12.6. The SMILES string of the molecule is CCOC(Cc1ccc(OCCN(CCCOCc2ccccc2)C(=O)NCC(C)(C)C)cc1)C(=O)O. The van der Waals surface area contributed by atoms with Gasteiger partial charge in [0.25, 0.3) is 0 Å². The van der Waals surface area contributed by atoms with Crippen LogP contribution in [0.1, 0.15) is 45.2 Å². The van der Waals surface area contributed by atoms with Crippen LogP contribution in [0.4, 0.5) is 4.79 Å². The number of hydrogen-bond acceptors (Lipinski definition) is 5. The molecule has 2 aromatic rings. The summed E-state index contributed by atoms with van der Waals surface area (Å²) >= 11 is 0. The van der Waals surface area contributed by atoms with E-state index < -0.39 is 12.1 Å². The van der Waals surface area contributed by atoms with Crippen LogP contribution in [-0.2, 0) is 27.3 Å². The van der Waals surface area contributed by atoms with E-state index >= 15 is 0 Å². The summed E-state index contributed by atoms with van der Waals surface area (Å²) in [5.41, 5.74) is 1.96. The van der Waals surface area contributed by atoms with Crippen molar-refractivity contribution in [2.24, 2.45) is 5.41 Å². The largest absolute Gasteiger partial charge is 0.492 e. The molecule has 0 aliphatic carbocycles. The highest BCUT2D eigenvalue weighted by Gasteiger charge is 2.19. The number of carbonyl (C=O) groups excluding carboxylic acids is 1. The molecule has 1 atom stereocenters. The molecular formula is C29H42N2O6. The Kier molecular flexibility index (Phi) is 12.9. The molecule has 0 aliphatic rings. The third-order valence-electron chi connectivity index (χ3n) is 5.50. The number of nitrogens with one attached hydrogen (secondary N) is 1. The molecule has 2 N–H and O–H groups in total. The van der Waals surface area contributed by atoms with E-state index in [1.54, 1.807) is 11.8 Å². The van der Waals surface area contributed by atoms with Crippen LogP contribution >= 0.6 is 0 Å². The summed E-state index contributed by atoms with van der Waals surface area (Å²) in [7, 11) is 0. The quantitative estimate of drug-likeness (QED) is 0.314. The van der Waals surface area contributed by atoms with Crippen LogP contribution in [0.5, 0.6) is 5.75 Å². The molecule has 2 rings (SSSR count). The van der Waals surface area contributed by atoms with Gasteiger partial charge in [-0.2, -0.15) is 0 Å². The average Bonchev–Trinajstić information content (AvgIpc) is 2.86. The van der Waals surface area contributed by atoms with Crippen molar-refractivity contribution in [2.45, 2.75) is 53.2 Å². The molecule has 8 nitrogen and oxygen atoms in total. The monoisotopic (exact) mass is 514 g/mol. The van der Waals surface area contributed by atoms with Crippen LogP contribution in [0.25, 0.3) is 0 Å². The Hall–Kier alpha value is -3.10. The smallest absolute Gasteiger partial charge is 0.333 e. The lowest BCUT2D eigenvalue weighted by Crippen LogP contribution is -2.45. The molecule has 1 unspecified atom stereocenters. The molecule has 8 heteroatoms. The Labute approximate surface area is 220 Å². The van der Waals surface area contributed by atoms with Crippen LogP contribution < -0.4 is 10.1 Å². The van der Waals surface area contributed by atoms with Gasteiger partial charge in [0, 0.05) is 32.7 Å². The molecule has 0 heterocycles. The zero-order chi connectivity index (χ0) is 27.1. The normalized spacial score (nSPS) is 12.1. The molecule has 0 bridgehead atoms. The molecule has 0 aromatic heterocycles. The number of aliphatic carboxylic acids is 1. The fourth-order valence-corrected chi connectivity index (χ4v) is 3.52. The van der Waals surface area contributed by atoms with Gasteiger partial charge in [-0.1, -0.05) is 63.2 Å². The molecule has 0 fully saturated rings. The third-order valence-corrected chi connectivity index (χ3v) is 5.50. The van der Waals surface area contributed by atoms with Crippen molar-refractivity contribution in [3.63, 3.8) is 0 Å². The summed E-state index contributed by atoms with van der Waals surface area (Å²) < 4.78 is 16.9. The van der Waals surface area contributed by atoms with E-state index in [1.807, 2.05) is 54.6 Å². The maximum Gasteiger partial charge on any atom is 0.333 e. The van der Waals surface area contributed by atoms with Crippen LogP contribution in [0.15, 0.2) is 54.6 Å². The molecule has 2 amide bonds. The molecule has 2 aromatic carbocycles. The molecule has 0 radical (unpaired) electrons. The van der Waals surface area contributed by atoms with Crippen LogP contribution in [0.2, 0.25) is 0 Å². The van der Waals surface area contributed by atoms with Gasteiger partial charge in [-0.15, -0.1) is 0 Å². The van der Waals surface area contributed by atoms with Crippen molar-refractivity contribution in [1.82, 2.24) is 10.2 Å². The highest BCUT2D eigenvalue weighted by molar-refractivity contribution is 5.74. The summed E-state index contributed by atoms with van der Waals surface area (Å²) in [5.74, 6) is -0.314. The second-order valence-corrected chi connectivity index (χ2v) is 10.1. The molecule has 0 saturated carbocycles. The zero-order valence-electron chi connectivity index (χ0n) is 22.6. The number of carboxylic acid groups (broad SMARTS) is 1. The standard InChI is InChI=1S/C29H42N2O6/c1-5-36-26(27(32)33)20-23-12-14-25(15-13-23)37-19-17-31(28(34)30-22-29(2,3)4)16-9-18-35-21-24-10-7-6-8-11-24/h6-8,10-15,26H,5,9,16-22H2,1-4H3,(H,30,34)(H,32,33). The maximum atomic E-state index is 12.8. The van der Waals surface area contributed by atoms with E-state index in [4.69, 9.17) is 14.2 Å². The minimum atomic E-state index is -0.975. The second-order valence-electron chi connectivity index (χ2n) is 10.1. The van der Waals surface area contributed by atoms with Crippen molar-refractivity contribution in [3.8, 4) is 5.75 Å². The Morgan fingerprint density at radius 3 is 2.30 bits per heavy atom. The number of hydrogen-bond donors (Lipinski definition) is 2. The minimum absolute atomic E-state index is 0.0137. The van der Waals surface area contributed by atoms with Gasteiger partial charge in [0.2, 0.25) is 0 Å².